The van der Waals surface area contributed by atoms with Crippen LogP contribution < -0.4 is 0 Å². The first-order valence-corrected chi connectivity index (χ1v) is 7.80. The maximum absolute atomic E-state index is 13.0. The molecule has 0 unspecified atom stereocenters. The van der Waals surface area contributed by atoms with Crippen LogP contribution in [0.15, 0.2) is 46.7 Å². The number of hydrogen-bond donors (Lipinski definition) is 0. The summed E-state index contributed by atoms with van der Waals surface area (Å²) in [5.41, 5.74) is 2.27. The minimum absolute atomic E-state index is 0.0733. The number of hydrogen-bond acceptors (Lipinski definition) is 3. The van der Waals surface area contributed by atoms with Crippen LogP contribution in [0.5, 0.6) is 0 Å². The van der Waals surface area contributed by atoms with Crippen molar-refractivity contribution in [3.63, 3.8) is 0 Å². The molecule has 0 saturated carbocycles. The third-order valence-corrected chi connectivity index (χ3v) is 3.90. The van der Waals surface area contributed by atoms with E-state index in [1.165, 1.54) is 12.1 Å². The van der Waals surface area contributed by atoms with Crippen LogP contribution in [0.2, 0.25) is 0 Å². The van der Waals surface area contributed by atoms with Gasteiger partial charge in [0, 0.05) is 32.4 Å². The van der Waals surface area contributed by atoms with Crippen LogP contribution in [0.25, 0.3) is 6.08 Å². The van der Waals surface area contributed by atoms with Crippen LogP contribution in [0.4, 0.5) is 4.39 Å². The molecule has 4 nitrogen and oxygen atoms in total. The molecular formula is C18H20FN3O. The van der Waals surface area contributed by atoms with Gasteiger partial charge < -0.3 is 4.90 Å². The molecule has 1 saturated heterocycles. The Balaban J connectivity index is 1.98. The first kappa shape index (κ1) is 15.5. The van der Waals surface area contributed by atoms with Crippen LogP contribution in [-0.2, 0) is 4.79 Å². The highest BCUT2D eigenvalue weighted by Crippen LogP contribution is 2.27. The predicted octanol–water partition coefficient (Wildman–Crippen LogP) is 3.04. The summed E-state index contributed by atoms with van der Waals surface area (Å²) in [7, 11) is 3.93. The molecule has 1 aromatic carbocycles. The number of rotatable bonds is 2. The number of halogens is 1. The molecule has 1 aromatic rings. The number of benzene rings is 1. The van der Waals surface area contributed by atoms with E-state index in [4.69, 9.17) is 0 Å². The number of carbonyl (C=O) groups is 1. The first-order chi connectivity index (χ1) is 11.0. The van der Waals surface area contributed by atoms with Crippen LogP contribution in [0.3, 0.4) is 0 Å². The van der Waals surface area contributed by atoms with Gasteiger partial charge in [0.15, 0.2) is 0 Å². The van der Waals surface area contributed by atoms with Gasteiger partial charge in [0.1, 0.15) is 17.3 Å². The van der Waals surface area contributed by atoms with Crippen LogP contribution >= 0.6 is 0 Å². The lowest BCUT2D eigenvalue weighted by molar-refractivity contribution is -0.122. The molecule has 1 amide bonds. The smallest absolute Gasteiger partial charge is 0.278 e. The molecule has 0 atom stereocenters. The van der Waals surface area contributed by atoms with Gasteiger partial charge in [0.2, 0.25) is 0 Å². The Hall–Kier alpha value is -2.43. The summed E-state index contributed by atoms with van der Waals surface area (Å²) in [5.74, 6) is 0.395. The highest BCUT2D eigenvalue weighted by Gasteiger charge is 2.33. The van der Waals surface area contributed by atoms with Gasteiger partial charge in [-0.3, -0.25) is 9.69 Å². The van der Waals surface area contributed by atoms with Gasteiger partial charge in [-0.25, -0.2) is 9.38 Å². The number of aliphatic imine (C=N–C) groups is 1. The monoisotopic (exact) mass is 313 g/mol. The van der Waals surface area contributed by atoms with E-state index < -0.39 is 0 Å². The molecule has 1 fully saturated rings. The van der Waals surface area contributed by atoms with E-state index in [1.54, 1.807) is 23.1 Å². The van der Waals surface area contributed by atoms with Crippen LogP contribution in [-0.4, -0.2) is 42.2 Å². The zero-order valence-electron chi connectivity index (χ0n) is 13.4. The fourth-order valence-electron chi connectivity index (χ4n) is 2.85. The molecule has 0 radical (unpaired) electrons. The van der Waals surface area contributed by atoms with Crippen molar-refractivity contribution in [3.8, 4) is 0 Å². The number of fused-ring (bicyclic) bond motifs is 1. The molecule has 0 N–H and O–H groups in total. The number of amides is 1. The molecule has 3 rings (SSSR count). The van der Waals surface area contributed by atoms with Crippen molar-refractivity contribution < 1.29 is 9.18 Å². The Morgan fingerprint density at radius 2 is 1.96 bits per heavy atom. The molecule has 0 bridgehead atoms. The Bertz CT molecular complexity index is 701. The minimum Gasteiger partial charge on any atom is -0.383 e. The molecule has 0 aromatic heterocycles. The van der Waals surface area contributed by atoms with E-state index >= 15 is 0 Å². The molecular weight excluding hydrogens is 293 g/mol. The largest absolute Gasteiger partial charge is 0.383 e. The van der Waals surface area contributed by atoms with Gasteiger partial charge in [0.25, 0.3) is 5.91 Å². The fourth-order valence-corrected chi connectivity index (χ4v) is 2.85. The maximum Gasteiger partial charge on any atom is 0.278 e. The average Bonchev–Trinajstić information content (AvgIpc) is 2.68. The third-order valence-electron chi connectivity index (χ3n) is 3.90. The molecule has 23 heavy (non-hydrogen) atoms. The Morgan fingerprint density at radius 1 is 1.22 bits per heavy atom. The fraction of sp³-hybridized carbons (Fsp3) is 0.333. The quantitative estimate of drug-likeness (QED) is 0.787. The van der Waals surface area contributed by atoms with Gasteiger partial charge >= 0.3 is 0 Å². The van der Waals surface area contributed by atoms with Crippen molar-refractivity contribution in [1.29, 1.82) is 0 Å². The first-order valence-electron chi connectivity index (χ1n) is 7.80. The van der Waals surface area contributed by atoms with E-state index in [9.17, 15) is 9.18 Å². The van der Waals surface area contributed by atoms with E-state index in [0.717, 1.165) is 36.2 Å². The Morgan fingerprint density at radius 3 is 2.65 bits per heavy atom. The lowest BCUT2D eigenvalue weighted by atomic mass is 10.1. The van der Waals surface area contributed by atoms with Crippen molar-refractivity contribution in [2.45, 2.75) is 19.3 Å². The molecule has 2 aliphatic rings. The molecule has 2 heterocycles. The lowest BCUT2D eigenvalue weighted by Crippen LogP contribution is -2.32. The number of nitrogens with zero attached hydrogens (tertiary/aromatic N) is 3. The normalized spacial score (nSPS) is 21.4. The molecule has 120 valence electrons. The summed E-state index contributed by atoms with van der Waals surface area (Å²) < 4.78 is 13.0. The SMILES string of the molecule is CN(C)/C=C1/CCCCN2C(=O)/C(=C\c3ccc(F)cc3)N=C12. The summed E-state index contributed by atoms with van der Waals surface area (Å²) in [6.07, 6.45) is 6.70. The van der Waals surface area contributed by atoms with Gasteiger partial charge in [-0.05, 0) is 43.0 Å². The third kappa shape index (κ3) is 3.33. The summed E-state index contributed by atoms with van der Waals surface area (Å²) >= 11 is 0. The highest BCUT2D eigenvalue weighted by atomic mass is 19.1. The Kier molecular flexibility index (Phi) is 4.28. The van der Waals surface area contributed by atoms with Gasteiger partial charge in [0.05, 0.1) is 0 Å². The average molecular weight is 313 g/mol. The summed E-state index contributed by atoms with van der Waals surface area (Å²) in [6.45, 7) is 0.698. The topological polar surface area (TPSA) is 35.9 Å². The van der Waals surface area contributed by atoms with E-state index in [-0.39, 0.29) is 11.7 Å². The summed E-state index contributed by atoms with van der Waals surface area (Å²) in [5, 5.41) is 0. The standard InChI is InChI=1S/C18H20FN3O/c1-21(2)12-14-5-3-4-10-22-17(14)20-16(18(22)23)11-13-6-8-15(19)9-7-13/h6-9,11-12H,3-5,10H2,1-2H3/b14-12-,16-11+. The number of amidine groups is 1. The van der Waals surface area contributed by atoms with Crippen LogP contribution in [0, 0.1) is 5.82 Å². The van der Waals surface area contributed by atoms with Crippen LogP contribution in [0.1, 0.15) is 24.8 Å². The van der Waals surface area contributed by atoms with Crippen molar-refractivity contribution in [2.24, 2.45) is 4.99 Å². The van der Waals surface area contributed by atoms with Crippen molar-refractivity contribution in [3.05, 3.63) is 53.1 Å². The van der Waals surface area contributed by atoms with E-state index in [1.807, 2.05) is 25.2 Å². The molecule has 2 aliphatic heterocycles. The zero-order chi connectivity index (χ0) is 16.4. The number of carbonyl (C=O) groups excluding carboxylic acids is 1. The molecule has 0 aliphatic carbocycles. The van der Waals surface area contributed by atoms with Gasteiger partial charge in [-0.15, -0.1) is 0 Å². The minimum atomic E-state index is -0.290. The zero-order valence-corrected chi connectivity index (χ0v) is 13.4. The Labute approximate surface area is 135 Å². The van der Waals surface area contributed by atoms with Crippen molar-refractivity contribution >= 4 is 17.8 Å². The van der Waals surface area contributed by atoms with Gasteiger partial charge in [-0.2, -0.15) is 0 Å². The maximum atomic E-state index is 13.0. The van der Waals surface area contributed by atoms with E-state index in [0.29, 0.717) is 12.2 Å². The van der Waals surface area contributed by atoms with Crippen molar-refractivity contribution in [2.75, 3.05) is 20.6 Å². The van der Waals surface area contributed by atoms with Crippen molar-refractivity contribution in [1.82, 2.24) is 9.80 Å². The lowest BCUT2D eigenvalue weighted by Gasteiger charge is -2.17. The predicted molar refractivity (Wildman–Crippen MR) is 89.1 cm³/mol. The van der Waals surface area contributed by atoms with E-state index in [2.05, 4.69) is 4.99 Å². The second-order valence-electron chi connectivity index (χ2n) is 6.05. The summed E-state index contributed by atoms with van der Waals surface area (Å²) in [6, 6.07) is 6.06. The second-order valence-corrected chi connectivity index (χ2v) is 6.05. The highest BCUT2D eigenvalue weighted by molar-refractivity contribution is 6.19. The van der Waals surface area contributed by atoms with Gasteiger partial charge in [-0.1, -0.05) is 12.1 Å². The molecule has 5 heteroatoms. The molecule has 0 spiro atoms. The summed E-state index contributed by atoms with van der Waals surface area (Å²) in [4.78, 5) is 20.9. The second kappa shape index (κ2) is 6.36.